The summed E-state index contributed by atoms with van der Waals surface area (Å²) < 4.78 is 43.6. The highest BCUT2D eigenvalue weighted by Gasteiger charge is 2.40. The number of benzene rings is 2. The second-order valence-corrected chi connectivity index (χ2v) is 9.49. The second kappa shape index (κ2) is 9.97. The first kappa shape index (κ1) is 26.1. The molecule has 0 aliphatic heterocycles. The Morgan fingerprint density at radius 1 is 0.943 bits per heavy atom. The molecule has 3 N–H and O–H groups in total. The molecule has 0 fully saturated rings. The number of ether oxygens (including phenoxy) is 1. The van der Waals surface area contributed by atoms with Gasteiger partial charge in [-0.15, -0.1) is 0 Å². The summed E-state index contributed by atoms with van der Waals surface area (Å²) in [7, 11) is 0. The monoisotopic (exact) mass is 492 g/mol. The molecule has 0 bridgehead atoms. The van der Waals surface area contributed by atoms with Gasteiger partial charge in [0.25, 0.3) is 0 Å². The van der Waals surface area contributed by atoms with Crippen LogP contribution in [-0.2, 0) is 14.3 Å². The van der Waals surface area contributed by atoms with Crippen LogP contribution in [0.2, 0.25) is 0 Å². The van der Waals surface area contributed by atoms with Crippen LogP contribution in [-0.4, -0.2) is 47.9 Å². The maximum atomic E-state index is 12.7. The van der Waals surface area contributed by atoms with Crippen molar-refractivity contribution in [3.05, 3.63) is 59.7 Å². The molecule has 7 nitrogen and oxygen atoms in total. The minimum atomic E-state index is -4.80. The van der Waals surface area contributed by atoms with E-state index >= 15 is 0 Å². The highest BCUT2D eigenvalue weighted by atomic mass is 19.4. The van der Waals surface area contributed by atoms with Gasteiger partial charge in [0.1, 0.15) is 18.7 Å². The predicted molar refractivity (Wildman–Crippen MR) is 122 cm³/mol. The quantitative estimate of drug-likeness (QED) is 0.529. The SMILES string of the molecule is CC(C)(C)[C@H](NC(=O)OCC1c2ccccc2-c2ccccc21)C(=O)NC(CC(F)(F)F)C(=O)O. The smallest absolute Gasteiger partial charge is 0.407 e. The van der Waals surface area contributed by atoms with Crippen LogP contribution in [0.5, 0.6) is 0 Å². The number of fused-ring (bicyclic) bond motifs is 3. The van der Waals surface area contributed by atoms with E-state index in [9.17, 15) is 27.6 Å². The number of rotatable bonds is 7. The van der Waals surface area contributed by atoms with Gasteiger partial charge in [-0.05, 0) is 27.7 Å². The Hall–Kier alpha value is -3.56. The molecular weight excluding hydrogens is 465 g/mol. The van der Waals surface area contributed by atoms with Crippen molar-refractivity contribution < 1.29 is 37.4 Å². The van der Waals surface area contributed by atoms with Crippen molar-refractivity contribution in [2.75, 3.05) is 6.61 Å². The molecule has 10 heteroatoms. The molecule has 0 saturated carbocycles. The Morgan fingerprint density at radius 3 is 1.91 bits per heavy atom. The number of halogens is 3. The van der Waals surface area contributed by atoms with Crippen molar-refractivity contribution in [2.24, 2.45) is 5.41 Å². The molecule has 0 heterocycles. The Labute approximate surface area is 200 Å². The van der Waals surface area contributed by atoms with E-state index in [0.717, 1.165) is 22.3 Å². The maximum absolute atomic E-state index is 12.7. The first-order chi connectivity index (χ1) is 16.3. The lowest BCUT2D eigenvalue weighted by atomic mass is 9.86. The van der Waals surface area contributed by atoms with Crippen LogP contribution >= 0.6 is 0 Å². The minimum absolute atomic E-state index is 0.0236. The summed E-state index contributed by atoms with van der Waals surface area (Å²) in [5.74, 6) is -3.11. The van der Waals surface area contributed by atoms with Crippen molar-refractivity contribution in [3.63, 3.8) is 0 Å². The van der Waals surface area contributed by atoms with Gasteiger partial charge in [0.2, 0.25) is 5.91 Å². The molecule has 0 aromatic heterocycles. The van der Waals surface area contributed by atoms with E-state index in [2.05, 4.69) is 5.32 Å². The summed E-state index contributed by atoms with van der Waals surface area (Å²) in [6.45, 7) is 4.73. The van der Waals surface area contributed by atoms with Gasteiger partial charge in [0, 0.05) is 5.92 Å². The van der Waals surface area contributed by atoms with Gasteiger partial charge in [-0.2, -0.15) is 13.2 Å². The fourth-order valence-corrected chi connectivity index (χ4v) is 4.12. The standard InChI is InChI=1S/C25H27F3N2O5/c1-24(2,3)20(21(31)29-19(22(32)33)12-25(26,27)28)30-23(34)35-13-18-16-10-6-4-8-14(16)15-9-5-7-11-17(15)18/h4-11,18-20H,12-13H2,1-3H3,(H,29,31)(H,30,34)(H,32,33)/t19?,20-/m1/s1. The largest absolute Gasteiger partial charge is 0.480 e. The third kappa shape index (κ3) is 6.32. The molecule has 0 saturated heterocycles. The molecular formula is C25H27F3N2O5. The fraction of sp³-hybridized carbons (Fsp3) is 0.400. The molecule has 2 atom stereocenters. The zero-order valence-corrected chi connectivity index (χ0v) is 19.5. The van der Waals surface area contributed by atoms with Crippen LogP contribution in [0.4, 0.5) is 18.0 Å². The van der Waals surface area contributed by atoms with Gasteiger partial charge in [-0.25, -0.2) is 9.59 Å². The number of carbonyl (C=O) groups excluding carboxylic acids is 2. The van der Waals surface area contributed by atoms with Crippen LogP contribution in [0, 0.1) is 5.41 Å². The average Bonchev–Trinajstić information content (AvgIpc) is 3.07. The molecule has 1 aliphatic rings. The van der Waals surface area contributed by atoms with Gasteiger partial charge in [0.05, 0.1) is 6.42 Å². The number of alkyl carbamates (subject to hydrolysis) is 1. The summed E-state index contributed by atoms with van der Waals surface area (Å²) >= 11 is 0. The molecule has 2 aromatic rings. The van der Waals surface area contributed by atoms with Gasteiger partial charge in [-0.1, -0.05) is 69.3 Å². The molecule has 1 aliphatic carbocycles. The van der Waals surface area contributed by atoms with Crippen LogP contribution in [0.3, 0.4) is 0 Å². The van der Waals surface area contributed by atoms with Crippen molar-refractivity contribution in [1.29, 1.82) is 0 Å². The van der Waals surface area contributed by atoms with Crippen molar-refractivity contribution >= 4 is 18.0 Å². The Kier molecular flexibility index (Phi) is 7.42. The number of alkyl halides is 3. The Balaban J connectivity index is 1.70. The highest BCUT2D eigenvalue weighted by Crippen LogP contribution is 2.44. The van der Waals surface area contributed by atoms with E-state index in [-0.39, 0.29) is 12.5 Å². The van der Waals surface area contributed by atoms with E-state index in [1.807, 2.05) is 53.8 Å². The third-order valence-electron chi connectivity index (χ3n) is 5.78. The lowest BCUT2D eigenvalue weighted by Gasteiger charge is -2.31. The van der Waals surface area contributed by atoms with E-state index in [1.165, 1.54) is 0 Å². The van der Waals surface area contributed by atoms with Gasteiger partial charge in [-0.3, -0.25) is 4.79 Å². The first-order valence-electron chi connectivity index (χ1n) is 11.0. The summed E-state index contributed by atoms with van der Waals surface area (Å²) in [6, 6.07) is 11.9. The number of amides is 2. The molecule has 3 rings (SSSR count). The summed E-state index contributed by atoms with van der Waals surface area (Å²) in [5, 5.41) is 13.4. The van der Waals surface area contributed by atoms with Gasteiger partial charge < -0.3 is 20.5 Å². The zero-order valence-electron chi connectivity index (χ0n) is 19.5. The number of hydrogen-bond acceptors (Lipinski definition) is 4. The topological polar surface area (TPSA) is 105 Å². The van der Waals surface area contributed by atoms with E-state index < -0.39 is 48.1 Å². The van der Waals surface area contributed by atoms with Crippen molar-refractivity contribution in [3.8, 4) is 11.1 Å². The number of carboxylic acids is 1. The molecule has 1 unspecified atom stereocenters. The molecule has 2 amide bonds. The molecule has 2 aromatic carbocycles. The minimum Gasteiger partial charge on any atom is -0.480 e. The van der Waals surface area contributed by atoms with Crippen LogP contribution in [0.25, 0.3) is 11.1 Å². The molecule has 0 spiro atoms. The lowest BCUT2D eigenvalue weighted by Crippen LogP contribution is -2.57. The number of carboxylic acid groups (broad SMARTS) is 1. The highest BCUT2D eigenvalue weighted by molar-refractivity contribution is 5.90. The molecule has 188 valence electrons. The normalized spacial score (nSPS) is 14.9. The van der Waals surface area contributed by atoms with Gasteiger partial charge >= 0.3 is 18.2 Å². The van der Waals surface area contributed by atoms with Crippen LogP contribution < -0.4 is 10.6 Å². The zero-order chi connectivity index (χ0) is 26.0. The van der Waals surface area contributed by atoms with Crippen LogP contribution in [0.15, 0.2) is 48.5 Å². The van der Waals surface area contributed by atoms with E-state index in [0.29, 0.717) is 0 Å². The van der Waals surface area contributed by atoms with Gasteiger partial charge in [0.15, 0.2) is 0 Å². The van der Waals surface area contributed by atoms with Crippen molar-refractivity contribution in [2.45, 2.75) is 51.4 Å². The second-order valence-electron chi connectivity index (χ2n) is 9.49. The van der Waals surface area contributed by atoms with E-state index in [4.69, 9.17) is 9.84 Å². The number of hydrogen-bond donors (Lipinski definition) is 3. The molecule has 35 heavy (non-hydrogen) atoms. The van der Waals surface area contributed by atoms with Crippen LogP contribution in [0.1, 0.15) is 44.2 Å². The Bertz CT molecular complexity index is 1070. The maximum Gasteiger partial charge on any atom is 0.407 e. The number of aliphatic carboxylic acids is 1. The fourth-order valence-electron chi connectivity index (χ4n) is 4.12. The molecule has 0 radical (unpaired) electrons. The van der Waals surface area contributed by atoms with E-state index in [1.54, 1.807) is 20.8 Å². The number of nitrogens with one attached hydrogen (secondary N) is 2. The lowest BCUT2D eigenvalue weighted by molar-refractivity contribution is -0.160. The number of carbonyl (C=O) groups is 3. The van der Waals surface area contributed by atoms with Crippen molar-refractivity contribution in [1.82, 2.24) is 10.6 Å². The first-order valence-corrected chi connectivity index (χ1v) is 11.0. The summed E-state index contributed by atoms with van der Waals surface area (Å²) in [6.07, 6.45) is -7.48. The summed E-state index contributed by atoms with van der Waals surface area (Å²) in [5.41, 5.74) is 3.10. The summed E-state index contributed by atoms with van der Waals surface area (Å²) in [4.78, 5) is 36.6. The third-order valence-corrected chi connectivity index (χ3v) is 5.78. The average molecular weight is 492 g/mol. The predicted octanol–water partition coefficient (Wildman–Crippen LogP) is 4.46. The Morgan fingerprint density at radius 2 is 1.46 bits per heavy atom.